The third kappa shape index (κ3) is 6.84. The zero-order valence-corrected chi connectivity index (χ0v) is 45.8. The Morgan fingerprint density at radius 2 is 0.744 bits per heavy atom. The van der Waals surface area contributed by atoms with E-state index >= 15 is 0 Å². The number of nitrogens with zero attached hydrogens (tertiary/aromatic N) is 6. The molecule has 0 unspecified atom stereocenters. The van der Waals surface area contributed by atoms with Gasteiger partial charge in [-0.05, 0) is 116 Å². The third-order valence-corrected chi connectivity index (χ3v) is 17.8. The molecule has 0 radical (unpaired) electrons. The molecule has 11 aromatic carbocycles. The van der Waals surface area contributed by atoms with Gasteiger partial charge in [0.1, 0.15) is 0 Å². The van der Waals surface area contributed by atoms with Crippen LogP contribution in [0, 0.1) is 11.3 Å². The van der Waals surface area contributed by atoms with Gasteiger partial charge in [-0.25, -0.2) is 15.0 Å². The van der Waals surface area contributed by atoms with E-state index in [9.17, 15) is 5.26 Å². The predicted molar refractivity (Wildman–Crippen MR) is 336 cm³/mol. The molecule has 0 bridgehead atoms. The summed E-state index contributed by atoms with van der Waals surface area (Å²) in [6.07, 6.45) is 0. The number of para-hydroxylation sites is 2. The monoisotopic (exact) mass is 1050 g/mol. The second kappa shape index (κ2) is 17.8. The number of hydrogen-bond donors (Lipinski definition) is 0. The first kappa shape index (κ1) is 47.5. The van der Waals surface area contributed by atoms with Crippen LogP contribution in [0.3, 0.4) is 0 Å². The fraction of sp³-hybridized carbons (Fsp3) is 0.0789. The van der Waals surface area contributed by atoms with Crippen molar-refractivity contribution in [3.63, 3.8) is 0 Å². The number of aromatic nitrogens is 5. The minimum atomic E-state index is -0.255. The largest absolute Gasteiger partial charge is 0.309 e. The van der Waals surface area contributed by atoms with E-state index in [1.807, 2.05) is 54.6 Å². The number of nitriles is 1. The smallest absolute Gasteiger partial charge is 0.166 e. The average Bonchev–Trinajstić information content (AvgIpc) is 4.35. The molecular formula is C76H52N6. The Morgan fingerprint density at radius 1 is 0.329 bits per heavy atom. The van der Waals surface area contributed by atoms with Crippen LogP contribution in [0.4, 0.5) is 0 Å². The molecule has 0 amide bonds. The van der Waals surface area contributed by atoms with Crippen molar-refractivity contribution in [3.05, 3.63) is 270 Å². The highest BCUT2D eigenvalue weighted by Crippen LogP contribution is 2.56. The molecule has 386 valence electrons. The highest BCUT2D eigenvalue weighted by Gasteiger charge is 2.40. The molecule has 14 aromatic rings. The Bertz CT molecular complexity index is 4990. The number of rotatable bonds is 7. The second-order valence-corrected chi connectivity index (χ2v) is 23.0. The molecule has 0 aliphatic heterocycles. The van der Waals surface area contributed by atoms with Crippen molar-refractivity contribution in [3.8, 4) is 96.1 Å². The van der Waals surface area contributed by atoms with Crippen molar-refractivity contribution >= 4 is 43.6 Å². The zero-order valence-electron chi connectivity index (χ0n) is 45.8. The highest BCUT2D eigenvalue weighted by atomic mass is 15.1. The minimum Gasteiger partial charge on any atom is -0.309 e. The van der Waals surface area contributed by atoms with Crippen molar-refractivity contribution < 1.29 is 0 Å². The van der Waals surface area contributed by atoms with Crippen molar-refractivity contribution in [1.82, 2.24) is 24.1 Å². The van der Waals surface area contributed by atoms with Crippen molar-refractivity contribution in [2.75, 3.05) is 0 Å². The Balaban J connectivity index is 1.02. The molecule has 0 atom stereocenters. The van der Waals surface area contributed by atoms with Gasteiger partial charge in [-0.2, -0.15) is 5.26 Å². The Kier molecular flexibility index (Phi) is 10.3. The van der Waals surface area contributed by atoms with E-state index in [1.54, 1.807) is 0 Å². The van der Waals surface area contributed by atoms with Gasteiger partial charge in [-0.3, -0.25) is 0 Å². The van der Waals surface area contributed by atoms with Crippen LogP contribution in [0.2, 0.25) is 0 Å². The van der Waals surface area contributed by atoms with Gasteiger partial charge >= 0.3 is 0 Å². The van der Waals surface area contributed by atoms with E-state index in [1.165, 1.54) is 66.1 Å². The van der Waals surface area contributed by atoms with E-state index in [2.05, 4.69) is 231 Å². The van der Waals surface area contributed by atoms with E-state index < -0.39 is 0 Å². The molecule has 3 aromatic heterocycles. The first-order valence-electron chi connectivity index (χ1n) is 28.2. The molecule has 3 heterocycles. The lowest BCUT2D eigenvalue weighted by Crippen LogP contribution is -2.15. The summed E-state index contributed by atoms with van der Waals surface area (Å²) >= 11 is 0. The van der Waals surface area contributed by atoms with Crippen LogP contribution in [0.5, 0.6) is 0 Å². The molecule has 0 fully saturated rings. The molecule has 0 saturated heterocycles. The van der Waals surface area contributed by atoms with Gasteiger partial charge in [0.2, 0.25) is 0 Å². The molecule has 2 aliphatic carbocycles. The van der Waals surface area contributed by atoms with Crippen molar-refractivity contribution in [1.29, 1.82) is 5.26 Å². The van der Waals surface area contributed by atoms with Gasteiger partial charge in [0, 0.05) is 54.6 Å². The SMILES string of the molecule is CC1(C)c2ccccc2-c2ccc3c(c21)c1ccccc1n3-c1ccc(-c2ccccc2C#N)cc1-c1ccc(-n2c3ccccc3c3c4c(ccc32)-c2ccccc2C4(C)C)c(-c2nc(-c3ccccc3)nc(-c3ccccc3)n2)c1. The lowest BCUT2D eigenvalue weighted by atomic mass is 9.80. The summed E-state index contributed by atoms with van der Waals surface area (Å²) in [6.45, 7) is 9.49. The molecule has 6 heteroatoms. The molecule has 82 heavy (non-hydrogen) atoms. The third-order valence-electron chi connectivity index (χ3n) is 17.8. The first-order valence-corrected chi connectivity index (χ1v) is 28.2. The van der Waals surface area contributed by atoms with E-state index in [0.29, 0.717) is 23.0 Å². The summed E-state index contributed by atoms with van der Waals surface area (Å²) in [7, 11) is 0. The van der Waals surface area contributed by atoms with E-state index in [4.69, 9.17) is 15.0 Å². The molecule has 16 rings (SSSR count). The van der Waals surface area contributed by atoms with Crippen LogP contribution < -0.4 is 0 Å². The van der Waals surface area contributed by atoms with Crippen LogP contribution in [0.15, 0.2) is 243 Å². The second-order valence-electron chi connectivity index (χ2n) is 23.0. The summed E-state index contributed by atoms with van der Waals surface area (Å²) < 4.78 is 4.90. The van der Waals surface area contributed by atoms with E-state index in [-0.39, 0.29) is 10.8 Å². The molecular weight excluding hydrogens is 997 g/mol. The molecule has 0 saturated carbocycles. The summed E-state index contributed by atoms with van der Waals surface area (Å²) in [5, 5.41) is 15.5. The lowest BCUT2D eigenvalue weighted by molar-refractivity contribution is 0.666. The van der Waals surface area contributed by atoms with Crippen LogP contribution in [0.1, 0.15) is 55.5 Å². The molecule has 2 aliphatic rings. The van der Waals surface area contributed by atoms with Gasteiger partial charge < -0.3 is 9.13 Å². The van der Waals surface area contributed by atoms with Crippen molar-refractivity contribution in [2.45, 2.75) is 38.5 Å². The summed E-state index contributed by atoms with van der Waals surface area (Å²) in [4.78, 5) is 16.2. The quantitative estimate of drug-likeness (QED) is 0.159. The standard InChI is InChI=1S/C76H52N6/c1-75(2)60-31-17-13-27-52(60)54-37-41-66-68(70(54)75)56-29-15-19-33-62(56)81(66)64-39-35-48(51-26-12-11-25-50(51)45-77)43-58(64)49-36-40-65(59(44-49)74-79-72(46-21-7-5-8-22-46)78-73(80-74)47-23-9-6-10-24-47)82-63-34-20-16-30-57(63)69-67(82)42-38-55-53-28-14-18-32-61(53)76(3,4)71(55)69/h5-44H,1-4H3. The minimum absolute atomic E-state index is 0.243. The number of benzene rings is 11. The predicted octanol–water partition coefficient (Wildman–Crippen LogP) is 18.9. The summed E-state index contributed by atoms with van der Waals surface area (Å²) in [5.74, 6) is 1.71. The van der Waals surface area contributed by atoms with Gasteiger partial charge in [-0.1, -0.05) is 216 Å². The fourth-order valence-electron chi connectivity index (χ4n) is 14.2. The molecule has 6 nitrogen and oxygen atoms in total. The van der Waals surface area contributed by atoms with Crippen LogP contribution in [0.25, 0.3) is 134 Å². The summed E-state index contributed by atoms with van der Waals surface area (Å²) in [5.41, 5.74) is 23.4. The normalized spacial score (nSPS) is 13.5. The molecule has 0 N–H and O–H groups in total. The highest BCUT2D eigenvalue weighted by molar-refractivity contribution is 6.16. The Hall–Kier alpha value is -10.5. The van der Waals surface area contributed by atoms with Crippen LogP contribution in [-0.2, 0) is 10.8 Å². The average molecular weight is 1050 g/mol. The summed E-state index contributed by atoms with van der Waals surface area (Å²) in [6, 6.07) is 89.2. The van der Waals surface area contributed by atoms with Gasteiger partial charge in [-0.15, -0.1) is 0 Å². The maximum Gasteiger partial charge on any atom is 0.166 e. The van der Waals surface area contributed by atoms with Gasteiger partial charge in [0.25, 0.3) is 0 Å². The van der Waals surface area contributed by atoms with Gasteiger partial charge in [0.05, 0.1) is 45.1 Å². The van der Waals surface area contributed by atoms with Crippen LogP contribution in [-0.4, -0.2) is 24.1 Å². The van der Waals surface area contributed by atoms with Gasteiger partial charge in [0.15, 0.2) is 17.5 Å². The number of hydrogen-bond acceptors (Lipinski definition) is 4. The first-order chi connectivity index (χ1) is 40.2. The van der Waals surface area contributed by atoms with Crippen LogP contribution >= 0.6 is 0 Å². The maximum atomic E-state index is 10.6. The number of fused-ring (bicyclic) bond motifs is 14. The lowest BCUT2D eigenvalue weighted by Gasteiger charge is -2.23. The maximum absolute atomic E-state index is 10.6. The van der Waals surface area contributed by atoms with E-state index in [0.717, 1.165) is 72.4 Å². The Labute approximate surface area is 475 Å². The Morgan fingerprint density at radius 3 is 1.27 bits per heavy atom. The topological polar surface area (TPSA) is 72.3 Å². The van der Waals surface area contributed by atoms with Crippen molar-refractivity contribution in [2.24, 2.45) is 0 Å². The fourth-order valence-corrected chi connectivity index (χ4v) is 14.2. The zero-order chi connectivity index (χ0) is 55.0. The molecule has 0 spiro atoms.